The first-order chi connectivity index (χ1) is 11.6. The van der Waals surface area contributed by atoms with Gasteiger partial charge in [0.25, 0.3) is 5.91 Å². The van der Waals surface area contributed by atoms with E-state index in [4.69, 9.17) is 4.74 Å². The minimum Gasteiger partial charge on any atom is -0.368 e. The molecule has 2 amide bonds. The second-order valence-electron chi connectivity index (χ2n) is 7.32. The zero-order valence-electron chi connectivity index (χ0n) is 14.1. The second kappa shape index (κ2) is 6.20. The summed E-state index contributed by atoms with van der Waals surface area (Å²) >= 11 is 0. The van der Waals surface area contributed by atoms with E-state index in [9.17, 15) is 9.59 Å². The standard InChI is InChI=1S/C19H24N2O3/c1-13-4-2-5-14(8-13)9-20-10-15-11-21(12-16(15)18(20)22)19(23)17-6-3-7-24-17/h2,4-5,8,15-17H,3,6-7,9-12H2,1H3/t15-,16+,17-/m1/s1. The summed E-state index contributed by atoms with van der Waals surface area (Å²) in [5, 5.41) is 0. The van der Waals surface area contributed by atoms with Crippen LogP contribution in [0.5, 0.6) is 0 Å². The summed E-state index contributed by atoms with van der Waals surface area (Å²) in [6.07, 6.45) is 1.50. The fourth-order valence-corrected chi connectivity index (χ4v) is 4.27. The molecule has 0 spiro atoms. The molecule has 0 N–H and O–H groups in total. The Labute approximate surface area is 142 Å². The monoisotopic (exact) mass is 328 g/mol. The van der Waals surface area contributed by atoms with Crippen molar-refractivity contribution >= 4 is 11.8 Å². The van der Waals surface area contributed by atoms with Crippen LogP contribution in [0.25, 0.3) is 0 Å². The lowest BCUT2D eigenvalue weighted by Gasteiger charge is -2.23. The number of likely N-dealkylation sites (tertiary alicyclic amines) is 2. The van der Waals surface area contributed by atoms with Crippen LogP contribution in [0.1, 0.15) is 24.0 Å². The van der Waals surface area contributed by atoms with Crippen LogP contribution in [-0.2, 0) is 20.9 Å². The third kappa shape index (κ3) is 2.81. The van der Waals surface area contributed by atoms with E-state index in [0.717, 1.165) is 19.4 Å². The number of rotatable bonds is 3. The Hall–Kier alpha value is -1.88. The van der Waals surface area contributed by atoms with Gasteiger partial charge in [0.1, 0.15) is 6.10 Å². The molecule has 0 aromatic heterocycles. The fourth-order valence-electron chi connectivity index (χ4n) is 4.27. The van der Waals surface area contributed by atoms with Gasteiger partial charge in [-0.3, -0.25) is 9.59 Å². The third-order valence-corrected chi connectivity index (χ3v) is 5.50. The summed E-state index contributed by atoms with van der Waals surface area (Å²) in [6, 6.07) is 8.31. The van der Waals surface area contributed by atoms with Crippen molar-refractivity contribution in [2.45, 2.75) is 32.4 Å². The van der Waals surface area contributed by atoms with E-state index >= 15 is 0 Å². The van der Waals surface area contributed by atoms with E-state index in [1.165, 1.54) is 11.1 Å². The lowest BCUT2D eigenvalue weighted by molar-refractivity contribution is -0.140. The highest BCUT2D eigenvalue weighted by atomic mass is 16.5. The van der Waals surface area contributed by atoms with Crippen LogP contribution in [0.2, 0.25) is 0 Å². The summed E-state index contributed by atoms with van der Waals surface area (Å²) in [7, 11) is 0. The molecule has 1 aromatic rings. The van der Waals surface area contributed by atoms with Crippen LogP contribution >= 0.6 is 0 Å². The van der Waals surface area contributed by atoms with E-state index in [1.807, 2.05) is 15.9 Å². The molecule has 0 radical (unpaired) electrons. The van der Waals surface area contributed by atoms with Crippen LogP contribution in [0.15, 0.2) is 24.3 Å². The molecule has 0 saturated carbocycles. The van der Waals surface area contributed by atoms with Gasteiger partial charge in [-0.25, -0.2) is 0 Å². The molecule has 3 saturated heterocycles. The van der Waals surface area contributed by atoms with Crippen molar-refractivity contribution in [1.82, 2.24) is 9.80 Å². The largest absolute Gasteiger partial charge is 0.368 e. The number of nitrogens with zero attached hydrogens (tertiary/aromatic N) is 2. The van der Waals surface area contributed by atoms with Crippen molar-refractivity contribution in [3.8, 4) is 0 Å². The van der Waals surface area contributed by atoms with Gasteiger partial charge in [0, 0.05) is 38.7 Å². The highest BCUT2D eigenvalue weighted by Crippen LogP contribution is 2.34. The molecule has 0 aliphatic carbocycles. The summed E-state index contributed by atoms with van der Waals surface area (Å²) < 4.78 is 5.50. The summed E-state index contributed by atoms with van der Waals surface area (Å²) in [6.45, 7) is 5.44. The molecular formula is C19H24N2O3. The first-order valence-electron chi connectivity index (χ1n) is 8.86. The predicted octanol–water partition coefficient (Wildman–Crippen LogP) is 1.59. The van der Waals surface area contributed by atoms with Gasteiger partial charge in [0.05, 0.1) is 5.92 Å². The van der Waals surface area contributed by atoms with E-state index in [0.29, 0.717) is 26.2 Å². The maximum absolute atomic E-state index is 12.7. The van der Waals surface area contributed by atoms with Crippen molar-refractivity contribution in [3.63, 3.8) is 0 Å². The smallest absolute Gasteiger partial charge is 0.251 e. The predicted molar refractivity (Wildman–Crippen MR) is 89.1 cm³/mol. The summed E-state index contributed by atoms with van der Waals surface area (Å²) in [4.78, 5) is 29.0. The van der Waals surface area contributed by atoms with Gasteiger partial charge in [-0.05, 0) is 25.3 Å². The number of hydrogen-bond acceptors (Lipinski definition) is 3. The maximum atomic E-state index is 12.7. The Morgan fingerprint density at radius 1 is 1.29 bits per heavy atom. The van der Waals surface area contributed by atoms with Crippen molar-refractivity contribution < 1.29 is 14.3 Å². The Morgan fingerprint density at radius 3 is 2.88 bits per heavy atom. The van der Waals surface area contributed by atoms with Crippen LogP contribution in [0.3, 0.4) is 0 Å². The molecule has 0 unspecified atom stereocenters. The molecule has 5 nitrogen and oxygen atoms in total. The topological polar surface area (TPSA) is 49.9 Å². The molecule has 4 rings (SSSR count). The van der Waals surface area contributed by atoms with Crippen molar-refractivity contribution in [2.24, 2.45) is 11.8 Å². The van der Waals surface area contributed by atoms with Crippen LogP contribution in [0.4, 0.5) is 0 Å². The van der Waals surface area contributed by atoms with Crippen LogP contribution in [-0.4, -0.2) is 54.0 Å². The van der Waals surface area contributed by atoms with Crippen molar-refractivity contribution in [3.05, 3.63) is 35.4 Å². The van der Waals surface area contributed by atoms with Gasteiger partial charge in [-0.1, -0.05) is 29.8 Å². The molecule has 3 fully saturated rings. The van der Waals surface area contributed by atoms with Gasteiger partial charge < -0.3 is 14.5 Å². The van der Waals surface area contributed by atoms with Crippen molar-refractivity contribution in [2.75, 3.05) is 26.2 Å². The summed E-state index contributed by atoms with van der Waals surface area (Å²) in [5.41, 5.74) is 2.39. The van der Waals surface area contributed by atoms with Gasteiger partial charge >= 0.3 is 0 Å². The number of fused-ring (bicyclic) bond motifs is 1. The highest BCUT2D eigenvalue weighted by Gasteiger charge is 2.48. The molecular weight excluding hydrogens is 304 g/mol. The molecule has 3 aliphatic heterocycles. The van der Waals surface area contributed by atoms with Gasteiger partial charge in [-0.15, -0.1) is 0 Å². The molecule has 24 heavy (non-hydrogen) atoms. The first-order valence-corrected chi connectivity index (χ1v) is 8.86. The average molecular weight is 328 g/mol. The third-order valence-electron chi connectivity index (χ3n) is 5.50. The minimum atomic E-state index is -0.276. The number of carbonyl (C=O) groups is 2. The van der Waals surface area contributed by atoms with Crippen molar-refractivity contribution in [1.29, 1.82) is 0 Å². The highest BCUT2D eigenvalue weighted by molar-refractivity contribution is 5.86. The number of ether oxygens (including phenoxy) is 1. The molecule has 3 heterocycles. The second-order valence-corrected chi connectivity index (χ2v) is 7.32. The average Bonchev–Trinajstić information content (AvgIpc) is 3.27. The minimum absolute atomic E-state index is 0.0276. The Balaban J connectivity index is 1.38. The quantitative estimate of drug-likeness (QED) is 0.847. The number of hydrogen-bond donors (Lipinski definition) is 0. The van der Waals surface area contributed by atoms with Gasteiger partial charge in [-0.2, -0.15) is 0 Å². The van der Waals surface area contributed by atoms with Gasteiger partial charge in [0.2, 0.25) is 5.91 Å². The fraction of sp³-hybridized carbons (Fsp3) is 0.579. The first kappa shape index (κ1) is 15.6. The number of carbonyl (C=O) groups excluding carboxylic acids is 2. The van der Waals surface area contributed by atoms with E-state index < -0.39 is 0 Å². The van der Waals surface area contributed by atoms with Crippen LogP contribution < -0.4 is 0 Å². The lowest BCUT2D eigenvalue weighted by atomic mass is 10.0. The van der Waals surface area contributed by atoms with E-state index in [-0.39, 0.29) is 29.8 Å². The molecule has 3 atom stereocenters. The number of amides is 2. The molecule has 1 aromatic carbocycles. The Morgan fingerprint density at radius 2 is 2.17 bits per heavy atom. The molecule has 5 heteroatoms. The van der Waals surface area contributed by atoms with Gasteiger partial charge in [0.15, 0.2) is 0 Å². The number of aryl methyl sites for hydroxylation is 1. The zero-order chi connectivity index (χ0) is 16.7. The normalized spacial score (nSPS) is 29.4. The van der Waals surface area contributed by atoms with E-state index in [1.54, 1.807) is 0 Å². The SMILES string of the molecule is Cc1cccc(CN2C[C@@H]3CN(C(=O)[C@H]4CCCO4)C[C@@H]3C2=O)c1. The van der Waals surface area contributed by atoms with Crippen LogP contribution in [0, 0.1) is 18.8 Å². The summed E-state index contributed by atoms with van der Waals surface area (Å²) in [5.74, 6) is 0.525. The Kier molecular flexibility index (Phi) is 4.04. The molecule has 0 bridgehead atoms. The maximum Gasteiger partial charge on any atom is 0.251 e. The lowest BCUT2D eigenvalue weighted by Crippen LogP contribution is -2.40. The zero-order valence-corrected chi connectivity index (χ0v) is 14.1. The number of benzene rings is 1. The Bertz CT molecular complexity index is 654. The van der Waals surface area contributed by atoms with E-state index in [2.05, 4.69) is 25.1 Å². The molecule has 3 aliphatic rings. The molecule has 128 valence electrons.